The molecule has 3 aromatic rings. The molecule has 3 saturated heterocycles. The van der Waals surface area contributed by atoms with Gasteiger partial charge < -0.3 is 20.3 Å². The first-order valence-electron chi connectivity index (χ1n) is 20.0. The molecule has 1 spiro atoms. The van der Waals surface area contributed by atoms with Crippen LogP contribution in [-0.4, -0.2) is 75.9 Å². The Balaban J connectivity index is 0.00000622. The van der Waals surface area contributed by atoms with E-state index in [1.807, 2.05) is 32.0 Å². The molecule has 7 rings (SSSR count). The number of hydrogen-bond donors (Lipinski definition) is 3. The van der Waals surface area contributed by atoms with Gasteiger partial charge in [-0.05, 0) is 138 Å². The number of hydrogen-bond acceptors (Lipinski definition) is 10. The summed E-state index contributed by atoms with van der Waals surface area (Å²) in [5, 5.41) is 18.0. The van der Waals surface area contributed by atoms with Crippen LogP contribution in [0.5, 0.6) is 5.75 Å². The van der Waals surface area contributed by atoms with Crippen LogP contribution in [0.3, 0.4) is 0 Å². The van der Waals surface area contributed by atoms with Crippen molar-refractivity contribution in [3.05, 3.63) is 70.5 Å². The van der Waals surface area contributed by atoms with Crippen LogP contribution in [-0.2, 0) is 31.8 Å². The minimum absolute atomic E-state index is 0. The molecule has 2 aromatic carbocycles. The molecule has 2 atom stereocenters. The second-order valence-corrected chi connectivity index (χ2v) is 16.4. The molecule has 3 N–H and O–H groups in total. The van der Waals surface area contributed by atoms with E-state index in [1.54, 1.807) is 23.1 Å². The molecule has 1 saturated carbocycles. The van der Waals surface area contributed by atoms with Crippen LogP contribution in [0.4, 0.5) is 35.9 Å². The summed E-state index contributed by atoms with van der Waals surface area (Å²) in [6.07, 6.45) is 1.73. The summed E-state index contributed by atoms with van der Waals surface area (Å²) in [6.45, 7) is 5.79. The number of anilines is 4. The number of nitrogens with zero attached hydrogens (tertiary/aromatic N) is 5. The van der Waals surface area contributed by atoms with Gasteiger partial charge in [0.1, 0.15) is 23.4 Å². The summed E-state index contributed by atoms with van der Waals surface area (Å²) in [5.74, 6) is -0.228. The predicted molar refractivity (Wildman–Crippen MR) is 230 cm³/mol. The standard InChI is InChI=1S/C42H44ClF3N8O5S.ClH/c1-3-26-17-30(54-40(60)53(39(58)41(54)12-4-13-41)31-21-32(42(44,45)46)34(22-47)48-23-31)5-7-35(26)59-16-11-25-9-14-52(15-10-25)24(2)37(56)50-29-19-27(43)18-28(20-29)49-33-6-8-36(55)51-38(33)57;/h5,7,17-21,23-25,33,49H,3-4,6,8-16H2,1-2H3,(H,50,56)(H,51,55,57);1H/t24-,33?;/m1./s1. The summed E-state index contributed by atoms with van der Waals surface area (Å²) in [7, 11) is 0. The van der Waals surface area contributed by atoms with Crippen molar-refractivity contribution < 1.29 is 37.1 Å². The summed E-state index contributed by atoms with van der Waals surface area (Å²) in [4.78, 5) is 59.7. The smallest absolute Gasteiger partial charge is 0.419 e. The number of ether oxygens (including phenoxy) is 1. The van der Waals surface area contributed by atoms with Gasteiger partial charge >= 0.3 is 6.18 Å². The first-order valence-corrected chi connectivity index (χ1v) is 20.8. The van der Waals surface area contributed by atoms with Gasteiger partial charge in [-0.3, -0.25) is 34.3 Å². The Morgan fingerprint density at radius 2 is 1.82 bits per heavy atom. The first-order chi connectivity index (χ1) is 28.6. The van der Waals surface area contributed by atoms with Crippen LogP contribution < -0.4 is 30.5 Å². The highest BCUT2D eigenvalue weighted by Crippen LogP contribution is 2.49. The Morgan fingerprint density at radius 3 is 2.46 bits per heavy atom. The lowest BCUT2D eigenvalue weighted by atomic mass is 9.75. The summed E-state index contributed by atoms with van der Waals surface area (Å²) in [5.41, 5.74) is -0.601. The number of nitrogens with one attached hydrogen (secondary N) is 3. The SMILES string of the molecule is CCc1cc(N2C(=S)N(c3cnc(C#N)c(C(F)(F)F)c3)C(=O)C23CCC3)ccc1OCCC1CCN([C@H](C)C(=O)Nc2cc(Cl)cc(NC3CCC(=O)NC3=O)c2)CC1.Cl. The molecular formula is C42H45Cl2F3N8O5S. The Bertz CT molecular complexity index is 2260. The third-order valence-electron chi connectivity index (χ3n) is 11.9. The van der Waals surface area contributed by atoms with Gasteiger partial charge in [-0.15, -0.1) is 12.4 Å². The molecule has 61 heavy (non-hydrogen) atoms. The Kier molecular flexibility index (Phi) is 13.8. The highest BCUT2D eigenvalue weighted by atomic mass is 35.5. The van der Waals surface area contributed by atoms with Crippen LogP contribution in [0.2, 0.25) is 5.02 Å². The molecule has 324 valence electrons. The molecule has 0 bridgehead atoms. The Hall–Kier alpha value is -5.02. The lowest BCUT2D eigenvalue weighted by Gasteiger charge is -2.43. The number of pyridine rings is 1. The predicted octanol–water partition coefficient (Wildman–Crippen LogP) is 7.40. The fourth-order valence-electron chi connectivity index (χ4n) is 8.37. The number of imide groups is 1. The normalized spacial score (nSPS) is 19.8. The average molecular weight is 902 g/mol. The van der Waals surface area contributed by atoms with Gasteiger partial charge in [0, 0.05) is 28.5 Å². The van der Waals surface area contributed by atoms with Gasteiger partial charge in [-0.2, -0.15) is 18.4 Å². The van der Waals surface area contributed by atoms with E-state index in [9.17, 15) is 37.6 Å². The molecule has 1 aromatic heterocycles. The number of amides is 4. The van der Waals surface area contributed by atoms with E-state index >= 15 is 0 Å². The van der Waals surface area contributed by atoms with Crippen molar-refractivity contribution in [2.75, 3.05) is 40.1 Å². The number of likely N-dealkylation sites (tertiary alicyclic amines) is 1. The van der Waals surface area contributed by atoms with Crippen molar-refractivity contribution in [2.45, 2.75) is 95.4 Å². The number of benzene rings is 2. The Labute approximate surface area is 367 Å². The number of carbonyl (C=O) groups excluding carboxylic acids is 4. The maximum Gasteiger partial charge on any atom is 0.419 e. The molecule has 3 aliphatic heterocycles. The number of aryl methyl sites for hydroxylation is 1. The molecule has 4 heterocycles. The largest absolute Gasteiger partial charge is 0.493 e. The molecule has 4 amide bonds. The molecule has 1 unspecified atom stereocenters. The van der Waals surface area contributed by atoms with Gasteiger partial charge in [0.2, 0.25) is 17.7 Å². The minimum Gasteiger partial charge on any atom is -0.493 e. The van der Waals surface area contributed by atoms with Crippen molar-refractivity contribution >= 4 is 87.7 Å². The zero-order valence-electron chi connectivity index (χ0n) is 33.4. The van der Waals surface area contributed by atoms with Crippen LogP contribution >= 0.6 is 36.2 Å². The molecule has 1 aliphatic carbocycles. The fraction of sp³-hybridized carbons (Fsp3) is 0.452. The lowest BCUT2D eigenvalue weighted by Crippen LogP contribution is -2.55. The average Bonchev–Trinajstić information content (AvgIpc) is 3.44. The second kappa shape index (κ2) is 18.5. The van der Waals surface area contributed by atoms with Gasteiger partial charge in [0.05, 0.1) is 30.1 Å². The van der Waals surface area contributed by atoms with Gasteiger partial charge in [-0.25, -0.2) is 4.98 Å². The van der Waals surface area contributed by atoms with E-state index in [-0.39, 0.29) is 41.4 Å². The summed E-state index contributed by atoms with van der Waals surface area (Å²) >= 11 is 12.1. The number of rotatable bonds is 12. The monoisotopic (exact) mass is 900 g/mol. The van der Waals surface area contributed by atoms with E-state index < -0.39 is 46.9 Å². The van der Waals surface area contributed by atoms with Crippen molar-refractivity contribution in [1.82, 2.24) is 15.2 Å². The summed E-state index contributed by atoms with van der Waals surface area (Å²) in [6, 6.07) is 11.8. The topological polar surface area (TPSA) is 160 Å². The van der Waals surface area contributed by atoms with Gasteiger partial charge in [0.25, 0.3) is 5.91 Å². The third kappa shape index (κ3) is 9.42. The maximum atomic E-state index is 13.9. The lowest BCUT2D eigenvalue weighted by molar-refractivity contribution is -0.138. The fourth-order valence-corrected chi connectivity index (χ4v) is 9.07. The van der Waals surface area contributed by atoms with Gasteiger partial charge in [0.15, 0.2) is 10.8 Å². The second-order valence-electron chi connectivity index (χ2n) is 15.6. The molecule has 19 heteroatoms. The third-order valence-corrected chi connectivity index (χ3v) is 12.5. The molecule has 4 aliphatic rings. The van der Waals surface area contributed by atoms with Crippen molar-refractivity contribution in [1.29, 1.82) is 5.26 Å². The zero-order chi connectivity index (χ0) is 42.9. The van der Waals surface area contributed by atoms with Crippen molar-refractivity contribution in [3.63, 3.8) is 0 Å². The van der Waals surface area contributed by atoms with E-state index in [0.29, 0.717) is 66.0 Å². The van der Waals surface area contributed by atoms with Crippen LogP contribution in [0.25, 0.3) is 0 Å². The van der Waals surface area contributed by atoms with Crippen LogP contribution in [0.15, 0.2) is 48.7 Å². The number of nitriles is 1. The van der Waals surface area contributed by atoms with E-state index in [4.69, 9.17) is 28.6 Å². The molecule has 0 radical (unpaired) electrons. The molecular weight excluding hydrogens is 856 g/mol. The van der Waals surface area contributed by atoms with E-state index in [1.165, 1.54) is 6.07 Å². The summed E-state index contributed by atoms with van der Waals surface area (Å²) < 4.78 is 47.7. The van der Waals surface area contributed by atoms with Crippen LogP contribution in [0.1, 0.15) is 82.0 Å². The number of carbonyl (C=O) groups is 4. The number of thiocarbonyl (C=S) groups is 1. The minimum atomic E-state index is -4.85. The Morgan fingerprint density at radius 1 is 1.10 bits per heavy atom. The highest BCUT2D eigenvalue weighted by Gasteiger charge is 2.60. The van der Waals surface area contributed by atoms with Crippen molar-refractivity contribution in [2.24, 2.45) is 5.92 Å². The van der Waals surface area contributed by atoms with Gasteiger partial charge in [-0.1, -0.05) is 18.5 Å². The first kappa shape index (κ1) is 45.5. The molecule has 4 fully saturated rings. The van der Waals surface area contributed by atoms with Crippen LogP contribution in [0, 0.1) is 17.2 Å². The maximum absolute atomic E-state index is 13.9. The van der Waals surface area contributed by atoms with E-state index in [0.717, 1.165) is 61.5 Å². The quantitative estimate of drug-likeness (QED) is 0.123. The molecule has 13 nitrogen and oxygen atoms in total. The zero-order valence-corrected chi connectivity index (χ0v) is 35.8. The number of piperidine rings is 2. The number of aromatic nitrogens is 1. The highest BCUT2D eigenvalue weighted by molar-refractivity contribution is 7.81. The number of halogens is 5. The number of alkyl halides is 3. The van der Waals surface area contributed by atoms with Crippen molar-refractivity contribution in [3.8, 4) is 11.8 Å². The van der Waals surface area contributed by atoms with E-state index in [2.05, 4.69) is 25.8 Å².